The molecule has 0 spiro atoms. The van der Waals surface area contributed by atoms with E-state index in [1.54, 1.807) is 6.20 Å². The summed E-state index contributed by atoms with van der Waals surface area (Å²) < 4.78 is 36.6. The van der Waals surface area contributed by atoms with Gasteiger partial charge in [-0.05, 0) is 23.6 Å². The van der Waals surface area contributed by atoms with Gasteiger partial charge in [0.05, 0.1) is 18.6 Å². The van der Waals surface area contributed by atoms with Crippen molar-refractivity contribution in [1.29, 1.82) is 0 Å². The standard InChI is InChI=1S/C21H21F2N3O2/c1-3-16-9-17(27-13-15-7-5-4-6-8-15)10-24-19(16)20-25-11-18(12-26-20)28-14-21(2,22)23/h4-12H,3,13-14H2,1-2H3. The van der Waals surface area contributed by atoms with E-state index in [0.717, 1.165) is 18.1 Å². The topological polar surface area (TPSA) is 57.1 Å². The van der Waals surface area contributed by atoms with Gasteiger partial charge in [-0.1, -0.05) is 37.3 Å². The first-order chi connectivity index (χ1) is 13.4. The van der Waals surface area contributed by atoms with Crippen molar-refractivity contribution in [3.63, 3.8) is 0 Å². The number of ether oxygens (including phenoxy) is 2. The molecule has 2 heterocycles. The molecule has 28 heavy (non-hydrogen) atoms. The van der Waals surface area contributed by atoms with E-state index < -0.39 is 12.5 Å². The predicted molar refractivity (Wildman–Crippen MR) is 102 cm³/mol. The Morgan fingerprint density at radius 1 is 0.929 bits per heavy atom. The molecule has 0 atom stereocenters. The fourth-order valence-corrected chi connectivity index (χ4v) is 2.50. The molecule has 0 aliphatic heterocycles. The van der Waals surface area contributed by atoms with Gasteiger partial charge in [0.15, 0.2) is 18.2 Å². The SMILES string of the molecule is CCc1cc(OCc2ccccc2)cnc1-c1ncc(OCC(C)(F)F)cn1. The van der Waals surface area contributed by atoms with Crippen LogP contribution in [0.15, 0.2) is 55.0 Å². The van der Waals surface area contributed by atoms with E-state index in [-0.39, 0.29) is 5.75 Å². The molecule has 0 aliphatic carbocycles. The lowest BCUT2D eigenvalue weighted by Gasteiger charge is -2.12. The molecule has 5 nitrogen and oxygen atoms in total. The Balaban J connectivity index is 1.71. The van der Waals surface area contributed by atoms with E-state index in [1.165, 1.54) is 12.4 Å². The fraction of sp³-hybridized carbons (Fsp3) is 0.286. The highest BCUT2D eigenvalue weighted by Crippen LogP contribution is 2.24. The number of benzene rings is 1. The van der Waals surface area contributed by atoms with Crippen molar-refractivity contribution in [1.82, 2.24) is 15.0 Å². The largest absolute Gasteiger partial charge is 0.487 e. The Hall–Kier alpha value is -3.09. The summed E-state index contributed by atoms with van der Waals surface area (Å²) in [5.74, 6) is -1.66. The van der Waals surface area contributed by atoms with Gasteiger partial charge in [0, 0.05) is 6.92 Å². The van der Waals surface area contributed by atoms with Crippen LogP contribution in [0.3, 0.4) is 0 Å². The van der Waals surface area contributed by atoms with Crippen molar-refractivity contribution >= 4 is 0 Å². The average Bonchev–Trinajstić information content (AvgIpc) is 2.71. The quantitative estimate of drug-likeness (QED) is 0.562. The molecular weight excluding hydrogens is 364 g/mol. The first-order valence-electron chi connectivity index (χ1n) is 8.93. The van der Waals surface area contributed by atoms with E-state index in [0.29, 0.717) is 30.3 Å². The summed E-state index contributed by atoms with van der Waals surface area (Å²) in [6, 6.07) is 11.8. The number of nitrogens with zero attached hydrogens (tertiary/aromatic N) is 3. The van der Waals surface area contributed by atoms with E-state index in [1.807, 2.05) is 43.3 Å². The molecule has 146 valence electrons. The summed E-state index contributed by atoms with van der Waals surface area (Å²) in [6.45, 7) is 2.53. The second-order valence-corrected chi connectivity index (χ2v) is 6.41. The number of aryl methyl sites for hydroxylation is 1. The third-order valence-corrected chi connectivity index (χ3v) is 3.90. The lowest BCUT2D eigenvalue weighted by molar-refractivity contribution is -0.0231. The van der Waals surface area contributed by atoms with Gasteiger partial charge < -0.3 is 9.47 Å². The highest BCUT2D eigenvalue weighted by Gasteiger charge is 2.22. The smallest absolute Gasteiger partial charge is 0.278 e. The highest BCUT2D eigenvalue weighted by molar-refractivity contribution is 5.56. The van der Waals surface area contributed by atoms with Crippen molar-refractivity contribution in [2.75, 3.05) is 6.61 Å². The minimum Gasteiger partial charge on any atom is -0.487 e. The van der Waals surface area contributed by atoms with Crippen LogP contribution < -0.4 is 9.47 Å². The molecule has 0 unspecified atom stereocenters. The molecule has 7 heteroatoms. The minimum atomic E-state index is -2.91. The maximum atomic E-state index is 12.9. The second-order valence-electron chi connectivity index (χ2n) is 6.41. The van der Waals surface area contributed by atoms with Gasteiger partial charge in [-0.2, -0.15) is 0 Å². The van der Waals surface area contributed by atoms with Crippen LogP contribution in [0, 0.1) is 0 Å². The molecule has 0 N–H and O–H groups in total. The molecule has 0 aliphatic rings. The number of alkyl halides is 2. The van der Waals surface area contributed by atoms with Crippen LogP contribution in [0.4, 0.5) is 8.78 Å². The molecule has 0 saturated heterocycles. The summed E-state index contributed by atoms with van der Waals surface area (Å²) >= 11 is 0. The Labute approximate surface area is 162 Å². The lowest BCUT2D eigenvalue weighted by Crippen LogP contribution is -2.21. The van der Waals surface area contributed by atoms with Crippen molar-refractivity contribution in [2.45, 2.75) is 32.8 Å². The Bertz CT molecular complexity index is 898. The van der Waals surface area contributed by atoms with E-state index in [2.05, 4.69) is 15.0 Å². The van der Waals surface area contributed by atoms with Crippen LogP contribution in [0.1, 0.15) is 25.0 Å². The van der Waals surface area contributed by atoms with Crippen LogP contribution in [0.2, 0.25) is 0 Å². The molecule has 0 radical (unpaired) electrons. The second kappa shape index (κ2) is 8.73. The monoisotopic (exact) mass is 385 g/mol. The van der Waals surface area contributed by atoms with Gasteiger partial charge in [0.25, 0.3) is 5.92 Å². The molecule has 2 aromatic heterocycles. The molecule has 1 aromatic carbocycles. The average molecular weight is 385 g/mol. The molecule has 3 aromatic rings. The zero-order valence-corrected chi connectivity index (χ0v) is 15.7. The molecule has 3 rings (SSSR count). The summed E-state index contributed by atoms with van der Waals surface area (Å²) in [6.07, 6.45) is 5.08. The maximum Gasteiger partial charge on any atom is 0.278 e. The van der Waals surface area contributed by atoms with Gasteiger partial charge in [-0.3, -0.25) is 0 Å². The van der Waals surface area contributed by atoms with Crippen LogP contribution >= 0.6 is 0 Å². The maximum absolute atomic E-state index is 12.9. The van der Waals surface area contributed by atoms with Gasteiger partial charge in [-0.25, -0.2) is 23.7 Å². The fourth-order valence-electron chi connectivity index (χ4n) is 2.50. The molecular formula is C21H21F2N3O2. The van der Waals surface area contributed by atoms with Crippen LogP contribution in [0.25, 0.3) is 11.5 Å². The van der Waals surface area contributed by atoms with Crippen molar-refractivity contribution in [3.8, 4) is 23.0 Å². The first kappa shape index (κ1) is 19.7. The first-order valence-corrected chi connectivity index (χ1v) is 8.93. The molecule has 0 fully saturated rings. The number of aromatic nitrogens is 3. The van der Waals surface area contributed by atoms with E-state index in [4.69, 9.17) is 9.47 Å². The number of halogens is 2. The van der Waals surface area contributed by atoms with E-state index in [9.17, 15) is 8.78 Å². The van der Waals surface area contributed by atoms with Crippen molar-refractivity contribution in [2.24, 2.45) is 0 Å². The predicted octanol–water partition coefficient (Wildman–Crippen LogP) is 4.71. The third-order valence-electron chi connectivity index (χ3n) is 3.90. The highest BCUT2D eigenvalue weighted by atomic mass is 19.3. The van der Waals surface area contributed by atoms with Crippen molar-refractivity contribution in [3.05, 3.63) is 66.1 Å². The normalized spacial score (nSPS) is 11.3. The summed E-state index contributed by atoms with van der Waals surface area (Å²) in [5, 5.41) is 0. The number of hydrogen-bond acceptors (Lipinski definition) is 5. The zero-order chi connectivity index (χ0) is 20.0. The Kier molecular flexibility index (Phi) is 6.13. The summed E-state index contributed by atoms with van der Waals surface area (Å²) in [5.41, 5.74) is 2.63. The number of hydrogen-bond donors (Lipinski definition) is 0. The minimum absolute atomic E-state index is 0.186. The number of rotatable bonds is 8. The Morgan fingerprint density at radius 2 is 1.61 bits per heavy atom. The Morgan fingerprint density at radius 3 is 2.25 bits per heavy atom. The lowest BCUT2D eigenvalue weighted by atomic mass is 10.1. The van der Waals surface area contributed by atoms with Gasteiger partial charge >= 0.3 is 0 Å². The van der Waals surface area contributed by atoms with Crippen molar-refractivity contribution < 1.29 is 18.3 Å². The van der Waals surface area contributed by atoms with E-state index >= 15 is 0 Å². The van der Waals surface area contributed by atoms with Crippen LogP contribution in [-0.4, -0.2) is 27.5 Å². The summed E-state index contributed by atoms with van der Waals surface area (Å²) in [7, 11) is 0. The van der Waals surface area contributed by atoms with Gasteiger partial charge in [-0.15, -0.1) is 0 Å². The molecule has 0 bridgehead atoms. The molecule has 0 amide bonds. The van der Waals surface area contributed by atoms with Crippen LogP contribution in [-0.2, 0) is 13.0 Å². The number of pyridine rings is 1. The molecule has 0 saturated carbocycles. The van der Waals surface area contributed by atoms with Crippen LogP contribution in [0.5, 0.6) is 11.5 Å². The third kappa shape index (κ3) is 5.45. The van der Waals surface area contributed by atoms with Gasteiger partial charge in [0.1, 0.15) is 18.1 Å². The zero-order valence-electron chi connectivity index (χ0n) is 15.7. The summed E-state index contributed by atoms with van der Waals surface area (Å²) in [4.78, 5) is 12.8. The van der Waals surface area contributed by atoms with Gasteiger partial charge in [0.2, 0.25) is 0 Å².